The van der Waals surface area contributed by atoms with Crippen LogP contribution in [0.1, 0.15) is 0 Å². The summed E-state index contributed by atoms with van der Waals surface area (Å²) in [5.74, 6) is 0. The number of benzene rings is 6. The van der Waals surface area contributed by atoms with Gasteiger partial charge in [-0.1, -0.05) is 182 Å². The summed E-state index contributed by atoms with van der Waals surface area (Å²) in [5, 5.41) is 4.12. The Morgan fingerprint density at radius 2 is 0.533 bits per heavy atom. The molecular formula is C40H30O2P2S. The van der Waals surface area contributed by atoms with Gasteiger partial charge < -0.3 is 9.13 Å². The van der Waals surface area contributed by atoms with Crippen LogP contribution in [0.2, 0.25) is 0 Å². The Hall–Kier alpha value is -4.52. The maximum Gasteiger partial charge on any atom is 0.173 e. The minimum atomic E-state index is -3.62. The molecule has 0 atom stereocenters. The van der Waals surface area contributed by atoms with E-state index in [-0.39, 0.29) is 0 Å². The smallest absolute Gasteiger partial charge is 0.173 e. The number of hydrogen-bond donors (Lipinski definition) is 0. The lowest BCUT2D eigenvalue weighted by atomic mass is 10.1. The van der Waals surface area contributed by atoms with Crippen LogP contribution in [-0.2, 0) is 9.13 Å². The van der Waals surface area contributed by atoms with Crippen LogP contribution in [-0.4, -0.2) is 0 Å². The highest BCUT2D eigenvalue weighted by molar-refractivity contribution is 7.91. The average Bonchev–Trinajstić information content (AvgIpc) is 3.55. The first-order valence-corrected chi connectivity index (χ1v) is 19.1. The lowest BCUT2D eigenvalue weighted by Gasteiger charge is -2.27. The molecule has 0 saturated carbocycles. The van der Waals surface area contributed by atoms with Gasteiger partial charge in [0.05, 0.1) is 10.6 Å². The largest absolute Gasteiger partial charge is 0.309 e. The Morgan fingerprint density at radius 3 is 0.778 bits per heavy atom. The van der Waals surface area contributed by atoms with Crippen LogP contribution < -0.4 is 31.8 Å². The van der Waals surface area contributed by atoms with E-state index in [4.69, 9.17) is 0 Å². The predicted octanol–water partition coefficient (Wildman–Crippen LogP) is 8.36. The molecule has 5 heteroatoms. The molecule has 45 heavy (non-hydrogen) atoms. The van der Waals surface area contributed by atoms with Gasteiger partial charge in [-0.25, -0.2) is 0 Å². The van der Waals surface area contributed by atoms with Crippen molar-refractivity contribution in [1.29, 1.82) is 0 Å². The summed E-state index contributed by atoms with van der Waals surface area (Å²) in [6.07, 6.45) is 0. The van der Waals surface area contributed by atoms with Gasteiger partial charge in [0.15, 0.2) is 14.3 Å². The summed E-state index contributed by atoms with van der Waals surface area (Å²) in [6, 6.07) is 59.1. The molecule has 0 radical (unpaired) electrons. The molecule has 0 N–H and O–H groups in total. The van der Waals surface area contributed by atoms with E-state index in [0.29, 0.717) is 31.8 Å². The zero-order valence-electron chi connectivity index (χ0n) is 24.4. The molecule has 2 nitrogen and oxygen atoms in total. The lowest BCUT2D eigenvalue weighted by Crippen LogP contribution is -2.38. The highest BCUT2D eigenvalue weighted by Gasteiger charge is 2.45. The molecule has 1 heterocycles. The van der Waals surface area contributed by atoms with Gasteiger partial charge in [-0.3, -0.25) is 0 Å². The summed E-state index contributed by atoms with van der Waals surface area (Å²) in [7, 11) is -7.23. The maximum absolute atomic E-state index is 16.5. The van der Waals surface area contributed by atoms with Gasteiger partial charge in [0.25, 0.3) is 0 Å². The van der Waals surface area contributed by atoms with Crippen LogP contribution in [0.3, 0.4) is 0 Å². The van der Waals surface area contributed by atoms with Gasteiger partial charge in [-0.15, -0.1) is 11.3 Å². The molecule has 0 saturated heterocycles. The summed E-state index contributed by atoms with van der Waals surface area (Å²) < 4.78 is 32.9. The van der Waals surface area contributed by atoms with E-state index >= 15 is 9.13 Å². The van der Waals surface area contributed by atoms with Gasteiger partial charge >= 0.3 is 0 Å². The van der Waals surface area contributed by atoms with Crippen molar-refractivity contribution < 1.29 is 9.13 Å². The van der Waals surface area contributed by atoms with Crippen molar-refractivity contribution in [2.24, 2.45) is 0 Å². The molecule has 0 aliphatic heterocycles. The maximum atomic E-state index is 16.5. The Bertz CT molecular complexity index is 1890. The van der Waals surface area contributed by atoms with E-state index in [1.807, 2.05) is 158 Å². The Labute approximate surface area is 268 Å². The molecule has 0 aliphatic rings. The minimum Gasteiger partial charge on any atom is -0.309 e. The van der Waals surface area contributed by atoms with Crippen LogP contribution in [0, 0.1) is 0 Å². The SMILES string of the molecule is O=P(c1ccccc1)(c1ccccc1)c1c(-c2ccccc2)sc(-c2ccccc2)c1P(=O)(c1ccccc1)c1ccccc1. The minimum absolute atomic E-state index is 0.644. The molecule has 218 valence electrons. The van der Waals surface area contributed by atoms with Crippen molar-refractivity contribution in [2.75, 3.05) is 0 Å². The predicted molar refractivity (Wildman–Crippen MR) is 194 cm³/mol. The zero-order valence-corrected chi connectivity index (χ0v) is 27.0. The van der Waals surface area contributed by atoms with Crippen molar-refractivity contribution in [2.45, 2.75) is 0 Å². The zero-order chi connectivity index (χ0) is 30.7. The number of hydrogen-bond acceptors (Lipinski definition) is 3. The molecule has 0 aliphatic carbocycles. The highest BCUT2D eigenvalue weighted by Crippen LogP contribution is 2.55. The summed E-state index contributed by atoms with van der Waals surface area (Å²) in [6.45, 7) is 0. The lowest BCUT2D eigenvalue weighted by molar-refractivity contribution is 0.590. The fourth-order valence-corrected chi connectivity index (χ4v) is 14.7. The first-order valence-electron chi connectivity index (χ1n) is 14.8. The third-order valence-electron chi connectivity index (χ3n) is 8.04. The Balaban J connectivity index is 1.74. The highest BCUT2D eigenvalue weighted by atomic mass is 32.1. The van der Waals surface area contributed by atoms with E-state index < -0.39 is 14.3 Å². The van der Waals surface area contributed by atoms with Crippen molar-refractivity contribution in [3.05, 3.63) is 182 Å². The molecule has 6 aromatic carbocycles. The van der Waals surface area contributed by atoms with Gasteiger partial charge in [0, 0.05) is 31.0 Å². The van der Waals surface area contributed by atoms with Crippen molar-refractivity contribution in [1.82, 2.24) is 0 Å². The molecular weight excluding hydrogens is 606 g/mol. The molecule has 0 bridgehead atoms. The van der Waals surface area contributed by atoms with Crippen LogP contribution in [0.15, 0.2) is 182 Å². The standard InChI is InChI=1S/C40H30O2P2S/c41-43(33-23-11-3-12-24-33,34-25-13-4-14-26-34)37-38(44(42,35-27-15-5-16-28-35)36-29-17-6-18-30-36)40(32-21-9-2-10-22-32)45-39(37)31-19-7-1-8-20-31/h1-30H. The molecule has 0 amide bonds. The van der Waals surface area contributed by atoms with Crippen LogP contribution in [0.4, 0.5) is 0 Å². The van der Waals surface area contributed by atoms with Crippen LogP contribution in [0.5, 0.6) is 0 Å². The summed E-state index contributed by atoms with van der Waals surface area (Å²) in [4.78, 5) is 1.74. The first kappa shape index (κ1) is 29.2. The molecule has 0 fully saturated rings. The summed E-state index contributed by atoms with van der Waals surface area (Å²) >= 11 is 1.58. The summed E-state index contributed by atoms with van der Waals surface area (Å²) in [5.41, 5.74) is 1.89. The van der Waals surface area contributed by atoms with E-state index in [1.54, 1.807) is 11.3 Å². The van der Waals surface area contributed by atoms with Crippen LogP contribution >= 0.6 is 25.6 Å². The molecule has 0 unspecified atom stereocenters. The number of rotatable bonds is 8. The first-order chi connectivity index (χ1) is 22.1. The molecule has 1 aromatic heterocycles. The van der Waals surface area contributed by atoms with E-state index in [2.05, 4.69) is 24.3 Å². The van der Waals surface area contributed by atoms with Gasteiger partial charge in [0.2, 0.25) is 0 Å². The number of thiophene rings is 1. The Morgan fingerprint density at radius 1 is 0.311 bits per heavy atom. The van der Waals surface area contributed by atoms with Crippen molar-refractivity contribution in [3.63, 3.8) is 0 Å². The monoisotopic (exact) mass is 636 g/mol. The van der Waals surface area contributed by atoms with Crippen LogP contribution in [0.25, 0.3) is 20.9 Å². The second-order valence-electron chi connectivity index (χ2n) is 10.8. The topological polar surface area (TPSA) is 34.1 Å². The molecule has 7 rings (SSSR count). The molecule has 0 spiro atoms. The van der Waals surface area contributed by atoms with Gasteiger partial charge in [-0.05, 0) is 11.1 Å². The van der Waals surface area contributed by atoms with Gasteiger partial charge in [-0.2, -0.15) is 0 Å². The van der Waals surface area contributed by atoms with Crippen molar-refractivity contribution in [3.8, 4) is 20.9 Å². The van der Waals surface area contributed by atoms with Gasteiger partial charge in [0.1, 0.15) is 0 Å². The fourth-order valence-electron chi connectivity index (χ4n) is 5.93. The third-order valence-corrected chi connectivity index (χ3v) is 16.1. The second-order valence-corrected chi connectivity index (χ2v) is 17.2. The van der Waals surface area contributed by atoms with E-state index in [0.717, 1.165) is 20.9 Å². The van der Waals surface area contributed by atoms with E-state index in [1.165, 1.54) is 0 Å². The van der Waals surface area contributed by atoms with Crippen molar-refractivity contribution >= 4 is 57.4 Å². The average molecular weight is 637 g/mol. The molecule has 7 aromatic rings. The Kier molecular flexibility index (Phi) is 8.09. The third kappa shape index (κ3) is 5.18. The second kappa shape index (κ2) is 12.5. The fraction of sp³-hybridized carbons (Fsp3) is 0. The quantitative estimate of drug-likeness (QED) is 0.157. The van der Waals surface area contributed by atoms with E-state index in [9.17, 15) is 0 Å². The normalized spacial score (nSPS) is 11.7.